The van der Waals surface area contributed by atoms with Crippen molar-refractivity contribution in [2.24, 2.45) is 17.8 Å². The third kappa shape index (κ3) is 1.68. The first-order valence-corrected chi connectivity index (χ1v) is 5.66. The average molecular weight is 215 g/mol. The molecule has 2 rings (SSSR count). The summed E-state index contributed by atoms with van der Waals surface area (Å²) in [6.07, 6.45) is 5.50. The second-order valence-corrected chi connectivity index (χ2v) is 4.56. The molecule has 0 saturated heterocycles. The Kier molecular flexibility index (Phi) is 2.82. The fraction of sp³-hybridized carbons (Fsp3) is 0.727. The van der Waals surface area contributed by atoms with E-state index in [0.29, 0.717) is 17.8 Å². The zero-order valence-electron chi connectivity index (χ0n) is 8.12. The first-order chi connectivity index (χ1) is 6.74. The van der Waals surface area contributed by atoms with Gasteiger partial charge in [-0.15, -0.1) is 18.2 Å². The number of hydrogen-bond acceptors (Lipinski definition) is 2. The maximum Gasteiger partial charge on any atom is 0.321 e. The van der Waals surface area contributed by atoms with Crippen molar-refractivity contribution in [3.8, 4) is 0 Å². The van der Waals surface area contributed by atoms with Gasteiger partial charge in [0.25, 0.3) is 0 Å². The lowest BCUT2D eigenvalue weighted by Gasteiger charge is -2.25. The number of halogens is 1. The van der Waals surface area contributed by atoms with E-state index in [1.807, 2.05) is 6.08 Å². The summed E-state index contributed by atoms with van der Waals surface area (Å²) in [7, 11) is 0. The Morgan fingerprint density at radius 3 is 2.71 bits per heavy atom. The Labute approximate surface area is 89.3 Å². The number of ether oxygens (including phenoxy) is 1. The first kappa shape index (κ1) is 10.0. The topological polar surface area (TPSA) is 26.3 Å². The maximum absolute atomic E-state index is 11.0. The molecule has 0 amide bonds. The molecule has 0 aromatic heterocycles. The van der Waals surface area contributed by atoms with Crippen LogP contribution in [0.2, 0.25) is 0 Å². The predicted octanol–water partition coefficient (Wildman–Crippen LogP) is 2.37. The van der Waals surface area contributed by atoms with E-state index in [9.17, 15) is 4.79 Å². The van der Waals surface area contributed by atoms with Crippen molar-refractivity contribution in [2.75, 3.05) is 5.88 Å². The highest BCUT2D eigenvalue weighted by Gasteiger charge is 2.46. The molecule has 4 unspecified atom stereocenters. The SMILES string of the molecule is C=CC1CC2CC1CC2OC(=O)CCl. The van der Waals surface area contributed by atoms with Gasteiger partial charge >= 0.3 is 5.97 Å². The number of carbonyl (C=O) groups is 1. The molecular weight excluding hydrogens is 200 g/mol. The van der Waals surface area contributed by atoms with E-state index in [-0.39, 0.29) is 18.0 Å². The Balaban J connectivity index is 1.90. The van der Waals surface area contributed by atoms with Gasteiger partial charge in [0.2, 0.25) is 0 Å². The van der Waals surface area contributed by atoms with E-state index < -0.39 is 0 Å². The zero-order valence-corrected chi connectivity index (χ0v) is 8.87. The summed E-state index contributed by atoms with van der Waals surface area (Å²) in [6, 6.07) is 0. The minimum atomic E-state index is -0.278. The van der Waals surface area contributed by atoms with E-state index >= 15 is 0 Å². The lowest BCUT2D eigenvalue weighted by molar-refractivity contribution is -0.148. The Hall–Kier alpha value is -0.500. The van der Waals surface area contributed by atoms with Gasteiger partial charge in [-0.05, 0) is 37.0 Å². The van der Waals surface area contributed by atoms with Gasteiger partial charge in [0.15, 0.2) is 0 Å². The molecule has 0 heterocycles. The standard InChI is InChI=1S/C11H15ClO2/c1-2-7-3-9-4-8(7)5-10(9)14-11(13)6-12/h2,7-10H,1,3-6H2. The van der Waals surface area contributed by atoms with Crippen LogP contribution in [0.3, 0.4) is 0 Å². The molecule has 0 aromatic rings. The molecule has 0 aliphatic heterocycles. The van der Waals surface area contributed by atoms with E-state index in [1.165, 1.54) is 6.42 Å². The molecule has 14 heavy (non-hydrogen) atoms. The van der Waals surface area contributed by atoms with E-state index in [1.54, 1.807) is 0 Å². The number of hydrogen-bond donors (Lipinski definition) is 0. The maximum atomic E-state index is 11.0. The van der Waals surface area contributed by atoms with Gasteiger partial charge in [-0.25, -0.2) is 0 Å². The first-order valence-electron chi connectivity index (χ1n) is 5.12. The Morgan fingerprint density at radius 1 is 1.43 bits per heavy atom. The van der Waals surface area contributed by atoms with Crippen LogP contribution in [0, 0.1) is 17.8 Å². The number of esters is 1. The van der Waals surface area contributed by atoms with Crippen LogP contribution in [-0.2, 0) is 9.53 Å². The summed E-state index contributed by atoms with van der Waals surface area (Å²) in [6.45, 7) is 3.83. The van der Waals surface area contributed by atoms with Crippen LogP contribution >= 0.6 is 11.6 Å². The molecule has 0 aromatic carbocycles. The minimum Gasteiger partial charge on any atom is -0.461 e. The highest BCUT2D eigenvalue weighted by atomic mass is 35.5. The van der Waals surface area contributed by atoms with Gasteiger partial charge in [0, 0.05) is 0 Å². The summed E-state index contributed by atoms with van der Waals surface area (Å²) in [5.74, 6) is 1.57. The lowest BCUT2D eigenvalue weighted by atomic mass is 9.87. The third-order valence-corrected chi connectivity index (χ3v) is 3.76. The largest absolute Gasteiger partial charge is 0.461 e. The summed E-state index contributed by atoms with van der Waals surface area (Å²) >= 11 is 5.40. The van der Waals surface area contributed by atoms with Gasteiger partial charge < -0.3 is 4.74 Å². The van der Waals surface area contributed by atoms with E-state index in [4.69, 9.17) is 16.3 Å². The summed E-state index contributed by atoms with van der Waals surface area (Å²) in [5.41, 5.74) is 0. The average Bonchev–Trinajstić information content (AvgIpc) is 2.75. The minimum absolute atomic E-state index is 0.0290. The monoisotopic (exact) mass is 214 g/mol. The molecular formula is C11H15ClO2. The molecule has 2 nitrogen and oxygen atoms in total. The van der Waals surface area contributed by atoms with Crippen LogP contribution in [0.4, 0.5) is 0 Å². The van der Waals surface area contributed by atoms with E-state index in [0.717, 1.165) is 12.8 Å². The van der Waals surface area contributed by atoms with Gasteiger partial charge in [-0.1, -0.05) is 6.08 Å². The fourth-order valence-electron chi connectivity index (χ4n) is 2.90. The molecule has 2 aliphatic carbocycles. The van der Waals surface area contributed by atoms with E-state index in [2.05, 4.69) is 6.58 Å². The third-order valence-electron chi connectivity index (χ3n) is 3.54. The molecule has 2 aliphatic rings. The van der Waals surface area contributed by atoms with Crippen LogP contribution in [-0.4, -0.2) is 18.0 Å². The van der Waals surface area contributed by atoms with Crippen LogP contribution in [0.1, 0.15) is 19.3 Å². The van der Waals surface area contributed by atoms with Crippen molar-refractivity contribution in [2.45, 2.75) is 25.4 Å². The van der Waals surface area contributed by atoms with Crippen molar-refractivity contribution in [1.29, 1.82) is 0 Å². The van der Waals surface area contributed by atoms with Gasteiger partial charge in [0.1, 0.15) is 12.0 Å². The molecule has 2 fully saturated rings. The summed E-state index contributed by atoms with van der Waals surface area (Å²) in [5, 5.41) is 0. The number of carbonyl (C=O) groups excluding carboxylic acids is 1. The van der Waals surface area contributed by atoms with Gasteiger partial charge in [-0.3, -0.25) is 4.79 Å². The Bertz CT molecular complexity index is 252. The summed E-state index contributed by atoms with van der Waals surface area (Å²) in [4.78, 5) is 11.0. The van der Waals surface area contributed by atoms with Gasteiger partial charge in [-0.2, -0.15) is 0 Å². The molecule has 0 N–H and O–H groups in total. The van der Waals surface area contributed by atoms with Crippen molar-refractivity contribution < 1.29 is 9.53 Å². The molecule has 0 spiro atoms. The molecule has 2 bridgehead atoms. The predicted molar refractivity (Wildman–Crippen MR) is 55.1 cm³/mol. The number of fused-ring (bicyclic) bond motifs is 2. The molecule has 2 saturated carbocycles. The quantitative estimate of drug-likeness (QED) is 0.410. The van der Waals surface area contributed by atoms with Crippen molar-refractivity contribution in [3.63, 3.8) is 0 Å². The Morgan fingerprint density at radius 2 is 2.21 bits per heavy atom. The number of rotatable bonds is 3. The normalized spacial score (nSPS) is 39.8. The molecule has 3 heteroatoms. The molecule has 0 radical (unpaired) electrons. The van der Waals surface area contributed by atoms with Crippen LogP contribution in [0.25, 0.3) is 0 Å². The smallest absolute Gasteiger partial charge is 0.321 e. The second kappa shape index (κ2) is 3.93. The van der Waals surface area contributed by atoms with Gasteiger partial charge in [0.05, 0.1) is 0 Å². The van der Waals surface area contributed by atoms with Crippen LogP contribution < -0.4 is 0 Å². The number of allylic oxidation sites excluding steroid dienone is 1. The molecule has 4 atom stereocenters. The summed E-state index contributed by atoms with van der Waals surface area (Å²) < 4.78 is 5.28. The highest BCUT2D eigenvalue weighted by Crippen LogP contribution is 2.49. The van der Waals surface area contributed by atoms with Crippen LogP contribution in [0.15, 0.2) is 12.7 Å². The fourth-order valence-corrected chi connectivity index (χ4v) is 2.96. The van der Waals surface area contributed by atoms with Crippen molar-refractivity contribution in [1.82, 2.24) is 0 Å². The lowest BCUT2D eigenvalue weighted by Crippen LogP contribution is -2.27. The van der Waals surface area contributed by atoms with Crippen molar-refractivity contribution >= 4 is 17.6 Å². The number of alkyl halides is 1. The second-order valence-electron chi connectivity index (χ2n) is 4.29. The zero-order chi connectivity index (χ0) is 10.1. The van der Waals surface area contributed by atoms with Crippen LogP contribution in [0.5, 0.6) is 0 Å². The van der Waals surface area contributed by atoms with Crippen molar-refractivity contribution in [3.05, 3.63) is 12.7 Å². The highest BCUT2D eigenvalue weighted by molar-refractivity contribution is 6.26. The molecule has 78 valence electrons.